The quantitative estimate of drug-likeness (QED) is 0.830. The van der Waals surface area contributed by atoms with E-state index >= 15 is 0 Å². The van der Waals surface area contributed by atoms with Crippen molar-refractivity contribution in [3.63, 3.8) is 0 Å². The molecule has 0 spiro atoms. The predicted molar refractivity (Wildman–Crippen MR) is 62.2 cm³/mol. The smallest absolute Gasteiger partial charge is 0.257 e. The van der Waals surface area contributed by atoms with E-state index < -0.39 is 0 Å². The molecule has 1 aromatic rings. The summed E-state index contributed by atoms with van der Waals surface area (Å²) >= 11 is 0. The summed E-state index contributed by atoms with van der Waals surface area (Å²) in [5.41, 5.74) is 1.58. The van der Waals surface area contributed by atoms with Gasteiger partial charge in [-0.3, -0.25) is 9.89 Å². The van der Waals surface area contributed by atoms with E-state index in [4.69, 9.17) is 0 Å². The van der Waals surface area contributed by atoms with E-state index in [1.54, 1.807) is 6.20 Å². The number of piperidine rings is 1. The fourth-order valence-corrected chi connectivity index (χ4v) is 2.28. The van der Waals surface area contributed by atoms with Gasteiger partial charge in [0.2, 0.25) is 0 Å². The highest BCUT2D eigenvalue weighted by Gasteiger charge is 2.24. The van der Waals surface area contributed by atoms with E-state index in [9.17, 15) is 4.79 Å². The zero-order valence-electron chi connectivity index (χ0n) is 9.99. The molecule has 88 valence electrons. The summed E-state index contributed by atoms with van der Waals surface area (Å²) in [6.07, 6.45) is 5.13. The topological polar surface area (TPSA) is 49.0 Å². The van der Waals surface area contributed by atoms with Crippen LogP contribution < -0.4 is 0 Å². The molecule has 1 amide bonds. The summed E-state index contributed by atoms with van der Waals surface area (Å²) < 4.78 is 0. The third-order valence-electron chi connectivity index (χ3n) is 3.54. The number of hydrogen-bond acceptors (Lipinski definition) is 2. The highest BCUT2D eigenvalue weighted by Crippen LogP contribution is 2.21. The molecule has 0 aliphatic carbocycles. The van der Waals surface area contributed by atoms with E-state index in [0.717, 1.165) is 43.1 Å². The average Bonchev–Trinajstić information content (AvgIpc) is 2.75. The summed E-state index contributed by atoms with van der Waals surface area (Å²) in [4.78, 5) is 14.1. The zero-order valence-corrected chi connectivity index (χ0v) is 9.99. The van der Waals surface area contributed by atoms with Crippen LogP contribution in [-0.4, -0.2) is 34.1 Å². The lowest BCUT2D eigenvalue weighted by Crippen LogP contribution is -2.38. The number of carbonyl (C=O) groups excluding carboxylic acids is 1. The standard InChI is InChI=1S/C12H19N3O/c1-3-10-4-6-15(7-5-10)12(16)11-8-13-14-9(11)2/h8,10H,3-7H2,1-2H3,(H,13,14). The van der Waals surface area contributed by atoms with Gasteiger partial charge in [0.15, 0.2) is 0 Å². The normalized spacial score (nSPS) is 17.8. The Morgan fingerprint density at radius 3 is 2.75 bits per heavy atom. The van der Waals surface area contributed by atoms with Gasteiger partial charge in [-0.2, -0.15) is 5.10 Å². The number of aromatic nitrogens is 2. The van der Waals surface area contributed by atoms with Gasteiger partial charge in [-0.25, -0.2) is 0 Å². The van der Waals surface area contributed by atoms with Gasteiger partial charge in [0.05, 0.1) is 11.8 Å². The van der Waals surface area contributed by atoms with Crippen LogP contribution in [0.15, 0.2) is 6.20 Å². The minimum atomic E-state index is 0.126. The van der Waals surface area contributed by atoms with Crippen LogP contribution in [-0.2, 0) is 0 Å². The van der Waals surface area contributed by atoms with Crippen LogP contribution >= 0.6 is 0 Å². The van der Waals surface area contributed by atoms with Crippen molar-refractivity contribution in [1.82, 2.24) is 15.1 Å². The number of aromatic amines is 1. The van der Waals surface area contributed by atoms with Crippen LogP contribution in [0.25, 0.3) is 0 Å². The first-order chi connectivity index (χ1) is 7.72. The predicted octanol–water partition coefficient (Wildman–Crippen LogP) is 1.98. The highest BCUT2D eigenvalue weighted by molar-refractivity contribution is 5.95. The number of amides is 1. The van der Waals surface area contributed by atoms with Gasteiger partial charge in [0.25, 0.3) is 5.91 Å². The number of H-pyrrole nitrogens is 1. The maximum atomic E-state index is 12.1. The first-order valence-corrected chi connectivity index (χ1v) is 6.01. The summed E-state index contributed by atoms with van der Waals surface area (Å²) in [6, 6.07) is 0. The molecule has 0 radical (unpaired) electrons. The Hall–Kier alpha value is -1.32. The Morgan fingerprint density at radius 2 is 2.25 bits per heavy atom. The number of carbonyl (C=O) groups is 1. The molecule has 2 heterocycles. The van der Waals surface area contributed by atoms with E-state index in [1.165, 1.54) is 6.42 Å². The fraction of sp³-hybridized carbons (Fsp3) is 0.667. The van der Waals surface area contributed by atoms with Gasteiger partial charge in [-0.1, -0.05) is 13.3 Å². The van der Waals surface area contributed by atoms with Crippen LogP contribution in [0, 0.1) is 12.8 Å². The zero-order chi connectivity index (χ0) is 11.5. The van der Waals surface area contributed by atoms with Crippen molar-refractivity contribution in [3.8, 4) is 0 Å². The highest BCUT2D eigenvalue weighted by atomic mass is 16.2. The third kappa shape index (κ3) is 2.10. The van der Waals surface area contributed by atoms with E-state index in [0.29, 0.717) is 0 Å². The molecule has 1 aliphatic heterocycles. The molecule has 2 rings (SSSR count). The lowest BCUT2D eigenvalue weighted by Gasteiger charge is -2.31. The minimum absolute atomic E-state index is 0.126. The minimum Gasteiger partial charge on any atom is -0.339 e. The van der Waals surface area contributed by atoms with Crippen molar-refractivity contribution in [2.45, 2.75) is 33.1 Å². The molecule has 0 bridgehead atoms. The molecule has 4 nitrogen and oxygen atoms in total. The summed E-state index contributed by atoms with van der Waals surface area (Å²) in [5.74, 6) is 0.926. The van der Waals surface area contributed by atoms with Gasteiger partial charge in [0, 0.05) is 18.8 Å². The summed E-state index contributed by atoms with van der Waals surface area (Å²) in [6.45, 7) is 5.89. The maximum absolute atomic E-state index is 12.1. The second-order valence-corrected chi connectivity index (χ2v) is 4.55. The van der Waals surface area contributed by atoms with Crippen molar-refractivity contribution in [3.05, 3.63) is 17.5 Å². The van der Waals surface area contributed by atoms with Crippen LogP contribution in [0.3, 0.4) is 0 Å². The SMILES string of the molecule is CCC1CCN(C(=O)c2cn[nH]c2C)CC1. The molecule has 0 aromatic carbocycles. The number of rotatable bonds is 2. The van der Waals surface area contributed by atoms with Gasteiger partial charge in [-0.15, -0.1) is 0 Å². The molecule has 1 N–H and O–H groups in total. The maximum Gasteiger partial charge on any atom is 0.257 e. The number of aryl methyl sites for hydroxylation is 1. The number of likely N-dealkylation sites (tertiary alicyclic amines) is 1. The molecule has 1 saturated heterocycles. The number of nitrogens with zero attached hydrogens (tertiary/aromatic N) is 2. The van der Waals surface area contributed by atoms with Gasteiger partial charge in [-0.05, 0) is 25.7 Å². The second-order valence-electron chi connectivity index (χ2n) is 4.55. The lowest BCUT2D eigenvalue weighted by atomic mass is 9.94. The van der Waals surface area contributed by atoms with E-state index in [-0.39, 0.29) is 5.91 Å². The lowest BCUT2D eigenvalue weighted by molar-refractivity contribution is 0.0688. The fourth-order valence-electron chi connectivity index (χ4n) is 2.28. The van der Waals surface area contributed by atoms with Crippen molar-refractivity contribution < 1.29 is 4.79 Å². The molecule has 0 saturated carbocycles. The number of nitrogens with one attached hydrogen (secondary N) is 1. The van der Waals surface area contributed by atoms with Gasteiger partial charge < -0.3 is 4.90 Å². The van der Waals surface area contributed by atoms with E-state index in [2.05, 4.69) is 17.1 Å². The van der Waals surface area contributed by atoms with E-state index in [1.807, 2.05) is 11.8 Å². The third-order valence-corrected chi connectivity index (χ3v) is 3.54. The van der Waals surface area contributed by atoms with Crippen LogP contribution in [0.4, 0.5) is 0 Å². The first kappa shape index (κ1) is 11.2. The Labute approximate surface area is 96.0 Å². The second kappa shape index (κ2) is 4.68. The number of hydrogen-bond donors (Lipinski definition) is 1. The molecule has 1 fully saturated rings. The van der Waals surface area contributed by atoms with Gasteiger partial charge in [0.1, 0.15) is 0 Å². The van der Waals surface area contributed by atoms with Gasteiger partial charge >= 0.3 is 0 Å². The van der Waals surface area contributed by atoms with Crippen LogP contribution in [0.5, 0.6) is 0 Å². The van der Waals surface area contributed by atoms with Crippen LogP contribution in [0.2, 0.25) is 0 Å². The molecular formula is C12H19N3O. The largest absolute Gasteiger partial charge is 0.339 e. The average molecular weight is 221 g/mol. The Morgan fingerprint density at radius 1 is 1.56 bits per heavy atom. The molecule has 0 unspecified atom stereocenters. The summed E-state index contributed by atoms with van der Waals surface area (Å²) in [5, 5.41) is 6.71. The van der Waals surface area contributed by atoms with Crippen molar-refractivity contribution in [1.29, 1.82) is 0 Å². The molecule has 1 aromatic heterocycles. The molecule has 0 atom stereocenters. The summed E-state index contributed by atoms with van der Waals surface area (Å²) in [7, 11) is 0. The molecule has 16 heavy (non-hydrogen) atoms. The Kier molecular flexibility index (Phi) is 3.27. The molecule has 1 aliphatic rings. The van der Waals surface area contributed by atoms with Crippen molar-refractivity contribution in [2.24, 2.45) is 5.92 Å². The molecular weight excluding hydrogens is 202 g/mol. The van der Waals surface area contributed by atoms with Crippen molar-refractivity contribution in [2.75, 3.05) is 13.1 Å². The Bertz CT molecular complexity index is 364. The van der Waals surface area contributed by atoms with Crippen molar-refractivity contribution >= 4 is 5.91 Å². The molecule has 4 heteroatoms. The van der Waals surface area contributed by atoms with Crippen LogP contribution in [0.1, 0.15) is 42.2 Å². The Balaban J connectivity index is 2.00. The first-order valence-electron chi connectivity index (χ1n) is 6.01. The monoisotopic (exact) mass is 221 g/mol.